The van der Waals surface area contributed by atoms with Crippen LogP contribution in [0.25, 0.3) is 0 Å². The zero-order valence-electron chi connectivity index (χ0n) is 11.9. The predicted molar refractivity (Wildman–Crippen MR) is 77.8 cm³/mol. The molecule has 2 heterocycles. The second kappa shape index (κ2) is 6.73. The molecular weight excluding hydrogens is 274 g/mol. The SMILES string of the molecule is CCOC(=O)N1CCN(c2cncc(/C(N)=N\N)n2)CC1. The molecule has 2 rings (SSSR count). The lowest BCUT2D eigenvalue weighted by molar-refractivity contribution is 0.105. The zero-order valence-corrected chi connectivity index (χ0v) is 11.9. The second-order valence-corrected chi connectivity index (χ2v) is 4.45. The van der Waals surface area contributed by atoms with Crippen molar-refractivity contribution in [2.45, 2.75) is 6.92 Å². The monoisotopic (exact) mass is 293 g/mol. The fraction of sp³-hybridized carbons (Fsp3) is 0.500. The number of nitrogens with zero attached hydrogens (tertiary/aromatic N) is 5. The Morgan fingerprint density at radius 3 is 2.71 bits per heavy atom. The van der Waals surface area contributed by atoms with Gasteiger partial charge in [0.2, 0.25) is 0 Å². The Kier molecular flexibility index (Phi) is 4.75. The lowest BCUT2D eigenvalue weighted by atomic mass is 10.3. The number of amidine groups is 1. The molecule has 1 aliphatic heterocycles. The Morgan fingerprint density at radius 2 is 2.10 bits per heavy atom. The summed E-state index contributed by atoms with van der Waals surface area (Å²) in [6, 6.07) is 0. The van der Waals surface area contributed by atoms with Crippen molar-refractivity contribution in [2.24, 2.45) is 16.7 Å². The van der Waals surface area contributed by atoms with E-state index in [1.807, 2.05) is 4.90 Å². The molecule has 9 heteroatoms. The first-order valence-corrected chi connectivity index (χ1v) is 6.68. The first-order chi connectivity index (χ1) is 10.2. The van der Waals surface area contributed by atoms with Crippen LogP contribution in [0.3, 0.4) is 0 Å². The van der Waals surface area contributed by atoms with Crippen molar-refractivity contribution < 1.29 is 9.53 Å². The van der Waals surface area contributed by atoms with Crippen molar-refractivity contribution in [3.63, 3.8) is 0 Å². The number of anilines is 1. The van der Waals surface area contributed by atoms with Gasteiger partial charge < -0.3 is 26.1 Å². The van der Waals surface area contributed by atoms with Crippen molar-refractivity contribution in [2.75, 3.05) is 37.7 Å². The number of carbonyl (C=O) groups excluding carboxylic acids is 1. The van der Waals surface area contributed by atoms with Gasteiger partial charge in [-0.15, -0.1) is 0 Å². The maximum atomic E-state index is 11.6. The van der Waals surface area contributed by atoms with Crippen LogP contribution in [0.5, 0.6) is 0 Å². The van der Waals surface area contributed by atoms with E-state index in [0.29, 0.717) is 44.3 Å². The number of hydrogen-bond acceptors (Lipinski definition) is 7. The molecule has 1 fully saturated rings. The molecule has 0 spiro atoms. The predicted octanol–water partition coefficient (Wildman–Crippen LogP) is -0.666. The molecule has 1 amide bonds. The summed E-state index contributed by atoms with van der Waals surface area (Å²) in [5.74, 6) is 5.95. The van der Waals surface area contributed by atoms with Gasteiger partial charge >= 0.3 is 6.09 Å². The highest BCUT2D eigenvalue weighted by molar-refractivity contribution is 5.95. The van der Waals surface area contributed by atoms with Crippen LogP contribution in [-0.4, -0.2) is 59.6 Å². The van der Waals surface area contributed by atoms with Gasteiger partial charge in [-0.25, -0.2) is 9.78 Å². The Balaban J connectivity index is 2.01. The van der Waals surface area contributed by atoms with Crippen molar-refractivity contribution in [1.29, 1.82) is 0 Å². The Bertz CT molecular complexity index is 526. The number of rotatable bonds is 3. The first kappa shape index (κ1) is 14.8. The minimum Gasteiger partial charge on any atom is -0.450 e. The molecule has 9 nitrogen and oxygen atoms in total. The molecule has 0 aliphatic carbocycles. The van der Waals surface area contributed by atoms with E-state index < -0.39 is 0 Å². The van der Waals surface area contributed by atoms with Gasteiger partial charge in [0, 0.05) is 26.2 Å². The summed E-state index contributed by atoms with van der Waals surface area (Å²) in [7, 11) is 0. The lowest BCUT2D eigenvalue weighted by Gasteiger charge is -2.34. The largest absolute Gasteiger partial charge is 0.450 e. The van der Waals surface area contributed by atoms with E-state index in [9.17, 15) is 4.79 Å². The molecular formula is C12H19N7O2. The van der Waals surface area contributed by atoms with Crippen molar-refractivity contribution in [1.82, 2.24) is 14.9 Å². The average molecular weight is 293 g/mol. The number of hydrazone groups is 1. The second-order valence-electron chi connectivity index (χ2n) is 4.45. The number of nitrogens with two attached hydrogens (primary N) is 2. The van der Waals surface area contributed by atoms with Gasteiger partial charge in [-0.3, -0.25) is 4.98 Å². The Labute approximate surface area is 122 Å². The Morgan fingerprint density at radius 1 is 1.38 bits per heavy atom. The van der Waals surface area contributed by atoms with E-state index in [1.54, 1.807) is 18.0 Å². The van der Waals surface area contributed by atoms with Crippen LogP contribution < -0.4 is 16.5 Å². The van der Waals surface area contributed by atoms with E-state index >= 15 is 0 Å². The standard InChI is InChI=1S/C12H19N7O2/c1-2-21-12(20)19-5-3-18(4-6-19)10-8-15-7-9(16-10)11(13)17-14/h7-8H,2-6,14H2,1H3,(H2,13,17). The molecule has 1 aliphatic rings. The molecule has 0 atom stereocenters. The van der Waals surface area contributed by atoms with Gasteiger partial charge in [-0.2, -0.15) is 5.10 Å². The summed E-state index contributed by atoms with van der Waals surface area (Å²) in [6.07, 6.45) is 2.87. The molecule has 0 unspecified atom stereocenters. The topological polar surface area (TPSA) is 123 Å². The van der Waals surface area contributed by atoms with Crippen LogP contribution in [0.1, 0.15) is 12.6 Å². The summed E-state index contributed by atoms with van der Waals surface area (Å²) in [4.78, 5) is 23.8. The normalized spacial score (nSPS) is 16.0. The number of carbonyl (C=O) groups is 1. The minimum absolute atomic E-state index is 0.134. The molecule has 1 aromatic heterocycles. The molecule has 1 saturated heterocycles. The fourth-order valence-corrected chi connectivity index (χ4v) is 2.03. The van der Waals surface area contributed by atoms with Crippen LogP contribution in [0.15, 0.2) is 17.5 Å². The smallest absolute Gasteiger partial charge is 0.409 e. The average Bonchev–Trinajstić information content (AvgIpc) is 2.54. The van der Waals surface area contributed by atoms with Gasteiger partial charge in [0.05, 0.1) is 19.0 Å². The molecule has 21 heavy (non-hydrogen) atoms. The van der Waals surface area contributed by atoms with E-state index in [2.05, 4.69) is 15.1 Å². The van der Waals surface area contributed by atoms with E-state index in [0.717, 1.165) is 0 Å². The third-order valence-electron chi connectivity index (χ3n) is 3.15. The van der Waals surface area contributed by atoms with Crippen LogP contribution in [0.2, 0.25) is 0 Å². The number of amides is 1. The van der Waals surface area contributed by atoms with Crippen LogP contribution in [0.4, 0.5) is 10.6 Å². The highest BCUT2D eigenvalue weighted by atomic mass is 16.6. The van der Waals surface area contributed by atoms with Crippen LogP contribution in [-0.2, 0) is 4.74 Å². The van der Waals surface area contributed by atoms with Crippen molar-refractivity contribution >= 4 is 17.7 Å². The summed E-state index contributed by atoms with van der Waals surface area (Å²) >= 11 is 0. The molecule has 114 valence electrons. The van der Waals surface area contributed by atoms with Crippen LogP contribution >= 0.6 is 0 Å². The highest BCUT2D eigenvalue weighted by Gasteiger charge is 2.23. The van der Waals surface area contributed by atoms with Gasteiger partial charge in [0.1, 0.15) is 11.5 Å². The van der Waals surface area contributed by atoms with Gasteiger partial charge in [0.15, 0.2) is 5.84 Å². The number of piperazine rings is 1. The molecule has 4 N–H and O–H groups in total. The third-order valence-corrected chi connectivity index (χ3v) is 3.15. The Hall–Kier alpha value is -2.58. The molecule has 1 aromatic rings. The van der Waals surface area contributed by atoms with Crippen molar-refractivity contribution in [3.05, 3.63) is 18.1 Å². The quantitative estimate of drug-likeness (QED) is 0.328. The molecule has 0 bridgehead atoms. The van der Waals surface area contributed by atoms with Gasteiger partial charge in [-0.05, 0) is 6.92 Å². The van der Waals surface area contributed by atoms with Crippen molar-refractivity contribution in [3.8, 4) is 0 Å². The third kappa shape index (κ3) is 3.50. The maximum absolute atomic E-state index is 11.6. The van der Waals surface area contributed by atoms with E-state index in [4.69, 9.17) is 16.3 Å². The summed E-state index contributed by atoms with van der Waals surface area (Å²) in [5.41, 5.74) is 6.06. The summed E-state index contributed by atoms with van der Waals surface area (Å²) < 4.78 is 4.98. The highest BCUT2D eigenvalue weighted by Crippen LogP contribution is 2.13. The fourth-order valence-electron chi connectivity index (χ4n) is 2.03. The molecule has 0 saturated carbocycles. The van der Waals surface area contributed by atoms with Gasteiger partial charge in [-0.1, -0.05) is 0 Å². The van der Waals surface area contributed by atoms with E-state index in [-0.39, 0.29) is 11.9 Å². The van der Waals surface area contributed by atoms with E-state index in [1.165, 1.54) is 6.20 Å². The lowest BCUT2D eigenvalue weighted by Crippen LogP contribution is -2.49. The number of ether oxygens (including phenoxy) is 1. The minimum atomic E-state index is -0.281. The summed E-state index contributed by atoms with van der Waals surface area (Å²) in [6.45, 7) is 4.62. The number of aromatic nitrogens is 2. The first-order valence-electron chi connectivity index (χ1n) is 6.68. The summed E-state index contributed by atoms with van der Waals surface area (Å²) in [5, 5.41) is 3.40. The molecule has 0 radical (unpaired) electrons. The van der Waals surface area contributed by atoms with Crippen LogP contribution in [0, 0.1) is 0 Å². The maximum Gasteiger partial charge on any atom is 0.409 e. The molecule has 0 aromatic carbocycles. The van der Waals surface area contributed by atoms with Gasteiger partial charge in [0.25, 0.3) is 0 Å². The number of hydrogen-bond donors (Lipinski definition) is 2. The zero-order chi connectivity index (χ0) is 15.2.